The minimum Gasteiger partial charge on any atom is -0.474 e. The molecule has 4 heteroatoms. The van der Waals surface area contributed by atoms with Gasteiger partial charge in [-0.2, -0.15) is 5.26 Å². The molecule has 0 spiro atoms. The Balaban J connectivity index is 1.90. The number of para-hydroxylation sites is 1. The normalized spacial score (nSPS) is 22.4. The number of nitriles is 1. The summed E-state index contributed by atoms with van der Waals surface area (Å²) in [4.78, 5) is 4.49. The lowest BCUT2D eigenvalue weighted by molar-refractivity contribution is 0.139. The Hall–Kier alpha value is -2.12. The Kier molecular flexibility index (Phi) is 3.53. The Labute approximate surface area is 118 Å². The van der Waals surface area contributed by atoms with Crippen molar-refractivity contribution in [3.05, 3.63) is 35.9 Å². The van der Waals surface area contributed by atoms with E-state index in [1.165, 1.54) is 0 Å². The summed E-state index contributed by atoms with van der Waals surface area (Å²) in [5.41, 5.74) is 7.37. The summed E-state index contributed by atoms with van der Waals surface area (Å²) in [6.45, 7) is 0. The van der Waals surface area contributed by atoms with Crippen LogP contribution in [0.15, 0.2) is 30.3 Å². The van der Waals surface area contributed by atoms with Crippen molar-refractivity contribution in [1.29, 1.82) is 5.26 Å². The fourth-order valence-corrected chi connectivity index (χ4v) is 2.76. The molecule has 1 aliphatic rings. The monoisotopic (exact) mass is 267 g/mol. The fourth-order valence-electron chi connectivity index (χ4n) is 2.76. The molecule has 2 aromatic rings. The number of fused-ring (bicyclic) bond motifs is 1. The molecule has 1 saturated carbocycles. The molecule has 1 fully saturated rings. The molecule has 0 amide bonds. The third-order valence-electron chi connectivity index (χ3n) is 3.77. The lowest BCUT2D eigenvalue weighted by atomic mass is 9.93. The molecule has 0 bridgehead atoms. The van der Waals surface area contributed by atoms with Gasteiger partial charge >= 0.3 is 0 Å². The van der Waals surface area contributed by atoms with Gasteiger partial charge in [0.15, 0.2) is 0 Å². The van der Waals surface area contributed by atoms with Gasteiger partial charge in [0.25, 0.3) is 0 Å². The van der Waals surface area contributed by atoms with E-state index in [0.29, 0.717) is 11.4 Å². The summed E-state index contributed by atoms with van der Waals surface area (Å²) < 4.78 is 5.93. The first-order chi connectivity index (χ1) is 9.76. The highest BCUT2D eigenvalue weighted by molar-refractivity contribution is 5.85. The van der Waals surface area contributed by atoms with Crippen molar-refractivity contribution in [3.63, 3.8) is 0 Å². The van der Waals surface area contributed by atoms with Gasteiger partial charge in [-0.15, -0.1) is 0 Å². The topological polar surface area (TPSA) is 71.9 Å². The van der Waals surface area contributed by atoms with Crippen LogP contribution in [0.25, 0.3) is 10.9 Å². The molecule has 2 unspecified atom stereocenters. The molecular weight excluding hydrogens is 250 g/mol. The third kappa shape index (κ3) is 2.59. The van der Waals surface area contributed by atoms with Gasteiger partial charge in [-0.25, -0.2) is 4.98 Å². The van der Waals surface area contributed by atoms with E-state index in [9.17, 15) is 5.26 Å². The van der Waals surface area contributed by atoms with Crippen molar-refractivity contribution in [3.8, 4) is 11.9 Å². The average Bonchev–Trinajstić information content (AvgIpc) is 2.46. The number of benzene rings is 1. The van der Waals surface area contributed by atoms with Crippen LogP contribution in [0.3, 0.4) is 0 Å². The van der Waals surface area contributed by atoms with Crippen LogP contribution in [0, 0.1) is 11.3 Å². The van der Waals surface area contributed by atoms with Crippen LogP contribution < -0.4 is 10.5 Å². The molecule has 1 aromatic heterocycles. The van der Waals surface area contributed by atoms with Gasteiger partial charge in [0.05, 0.1) is 11.1 Å². The Morgan fingerprint density at radius 3 is 2.95 bits per heavy atom. The number of rotatable bonds is 2. The maximum absolute atomic E-state index is 9.25. The van der Waals surface area contributed by atoms with E-state index in [1.54, 1.807) is 6.07 Å². The second kappa shape index (κ2) is 5.48. The largest absolute Gasteiger partial charge is 0.474 e. The van der Waals surface area contributed by atoms with E-state index in [1.807, 2.05) is 24.3 Å². The van der Waals surface area contributed by atoms with E-state index >= 15 is 0 Å². The number of ether oxygens (including phenoxy) is 1. The van der Waals surface area contributed by atoms with Gasteiger partial charge in [-0.05, 0) is 31.7 Å². The van der Waals surface area contributed by atoms with Crippen molar-refractivity contribution in [2.24, 2.45) is 5.73 Å². The molecule has 1 aromatic carbocycles. The number of hydrogen-bond donors (Lipinski definition) is 1. The zero-order valence-corrected chi connectivity index (χ0v) is 11.2. The van der Waals surface area contributed by atoms with E-state index in [4.69, 9.17) is 10.5 Å². The highest BCUT2D eigenvalue weighted by Crippen LogP contribution is 2.25. The molecule has 0 saturated heterocycles. The predicted octanol–water partition coefficient (Wildman–Crippen LogP) is 2.76. The van der Waals surface area contributed by atoms with E-state index in [2.05, 4.69) is 11.1 Å². The highest BCUT2D eigenvalue weighted by Gasteiger charge is 2.21. The molecule has 2 N–H and O–H groups in total. The molecule has 20 heavy (non-hydrogen) atoms. The molecule has 2 atom stereocenters. The standard InChI is InChI=1S/C16H17N3O/c17-10-11-8-16(19-15-7-2-1-6-14(11)15)20-13-5-3-4-12(18)9-13/h1-2,6-8,12-13H,3-5,9,18H2. The van der Waals surface area contributed by atoms with Crippen molar-refractivity contribution in [1.82, 2.24) is 4.98 Å². The molecule has 0 radical (unpaired) electrons. The second-order valence-electron chi connectivity index (χ2n) is 5.30. The Bertz CT molecular complexity index is 662. The maximum atomic E-state index is 9.25. The summed E-state index contributed by atoms with van der Waals surface area (Å²) in [5.74, 6) is 0.527. The van der Waals surface area contributed by atoms with Crippen LogP contribution >= 0.6 is 0 Å². The van der Waals surface area contributed by atoms with Gasteiger partial charge in [0, 0.05) is 17.5 Å². The zero-order valence-electron chi connectivity index (χ0n) is 11.2. The molecule has 1 aliphatic carbocycles. The van der Waals surface area contributed by atoms with Gasteiger partial charge in [0.1, 0.15) is 12.2 Å². The van der Waals surface area contributed by atoms with Crippen molar-refractivity contribution in [2.45, 2.75) is 37.8 Å². The third-order valence-corrected chi connectivity index (χ3v) is 3.77. The van der Waals surface area contributed by atoms with Crippen LogP contribution in [0.5, 0.6) is 5.88 Å². The van der Waals surface area contributed by atoms with Gasteiger partial charge < -0.3 is 10.5 Å². The van der Waals surface area contributed by atoms with Crippen LogP contribution in [-0.4, -0.2) is 17.1 Å². The van der Waals surface area contributed by atoms with Crippen LogP contribution in [-0.2, 0) is 0 Å². The van der Waals surface area contributed by atoms with E-state index in [0.717, 1.165) is 36.6 Å². The number of hydrogen-bond acceptors (Lipinski definition) is 4. The highest BCUT2D eigenvalue weighted by atomic mass is 16.5. The first-order valence-electron chi connectivity index (χ1n) is 6.98. The summed E-state index contributed by atoms with van der Waals surface area (Å²) in [7, 11) is 0. The average molecular weight is 267 g/mol. The number of pyridine rings is 1. The summed E-state index contributed by atoms with van der Waals surface area (Å²) in [6, 6.07) is 11.8. The fraction of sp³-hybridized carbons (Fsp3) is 0.375. The zero-order chi connectivity index (χ0) is 13.9. The molecular formula is C16H17N3O. The summed E-state index contributed by atoms with van der Waals surface area (Å²) in [6.07, 6.45) is 4.12. The minimum absolute atomic E-state index is 0.110. The SMILES string of the molecule is N#Cc1cc(OC2CCCC(N)C2)nc2ccccc12. The lowest BCUT2D eigenvalue weighted by Gasteiger charge is -2.26. The van der Waals surface area contributed by atoms with Gasteiger partial charge in [-0.3, -0.25) is 0 Å². The molecule has 1 heterocycles. The summed E-state index contributed by atoms with van der Waals surface area (Å²) in [5, 5.41) is 10.1. The van der Waals surface area contributed by atoms with Crippen molar-refractivity contribution >= 4 is 10.9 Å². The van der Waals surface area contributed by atoms with E-state index in [-0.39, 0.29) is 12.1 Å². The maximum Gasteiger partial charge on any atom is 0.215 e. The van der Waals surface area contributed by atoms with Gasteiger partial charge in [0.2, 0.25) is 5.88 Å². The molecule has 102 valence electrons. The minimum atomic E-state index is 0.110. The Morgan fingerprint density at radius 2 is 2.15 bits per heavy atom. The first kappa shape index (κ1) is 12.9. The predicted molar refractivity (Wildman–Crippen MR) is 77.3 cm³/mol. The van der Waals surface area contributed by atoms with Crippen molar-refractivity contribution < 1.29 is 4.74 Å². The summed E-state index contributed by atoms with van der Waals surface area (Å²) >= 11 is 0. The van der Waals surface area contributed by atoms with Crippen LogP contribution in [0.2, 0.25) is 0 Å². The van der Waals surface area contributed by atoms with Gasteiger partial charge in [-0.1, -0.05) is 18.2 Å². The number of nitrogens with zero attached hydrogens (tertiary/aromatic N) is 2. The lowest BCUT2D eigenvalue weighted by Crippen LogP contribution is -2.33. The smallest absolute Gasteiger partial charge is 0.215 e. The van der Waals surface area contributed by atoms with Crippen LogP contribution in [0.1, 0.15) is 31.2 Å². The second-order valence-corrected chi connectivity index (χ2v) is 5.30. The number of nitrogens with two attached hydrogens (primary N) is 1. The Morgan fingerprint density at radius 1 is 1.30 bits per heavy atom. The number of aromatic nitrogens is 1. The van der Waals surface area contributed by atoms with Crippen LogP contribution in [0.4, 0.5) is 0 Å². The molecule has 0 aliphatic heterocycles. The van der Waals surface area contributed by atoms with Crippen molar-refractivity contribution in [2.75, 3.05) is 0 Å². The first-order valence-corrected chi connectivity index (χ1v) is 6.98. The molecule has 3 rings (SSSR count). The molecule has 4 nitrogen and oxygen atoms in total. The quantitative estimate of drug-likeness (QED) is 0.908. The van der Waals surface area contributed by atoms with E-state index < -0.39 is 0 Å².